The molecule has 12 nitrogen and oxygen atoms in total. The lowest BCUT2D eigenvalue weighted by molar-refractivity contribution is 0.814. The van der Waals surface area contributed by atoms with Crippen molar-refractivity contribution in [3.05, 3.63) is 137 Å². The van der Waals surface area contributed by atoms with Crippen molar-refractivity contribution < 1.29 is 0 Å². The molecular weight excluding hydrogens is 949 g/mol. The Hall–Kier alpha value is -7.47. The van der Waals surface area contributed by atoms with Crippen LogP contribution < -0.4 is 17.2 Å². The van der Waals surface area contributed by atoms with E-state index in [1.807, 2.05) is 0 Å². The largest absolute Gasteiger partial charge is 0.399 e. The van der Waals surface area contributed by atoms with Gasteiger partial charge in [-0.25, -0.2) is 15.0 Å². The SMILES string of the molecule is CCc1c2[nH]c(c1CC)C1c3[nH]c(c(CC)c3CC)-c3cc(N)cc(n3)-c3[nH]c(c(CC)c3CC)C(c3[nH]c(c(CC)c3CC)-c3cc(N)cc-2n3)c2[nH]c(c(CC)c2CC)-c2cc(N)cc(n2)-c2[nH]c1c(CC)c2CC. The summed E-state index contributed by atoms with van der Waals surface area (Å²) in [5.41, 5.74) is 56.5. The molecule has 0 amide bonds. The van der Waals surface area contributed by atoms with Crippen LogP contribution in [0.2, 0.25) is 0 Å². The Labute approximate surface area is 454 Å². The summed E-state index contributed by atoms with van der Waals surface area (Å²) in [6, 6.07) is 12.4. The summed E-state index contributed by atoms with van der Waals surface area (Å²) >= 11 is 0. The second kappa shape index (κ2) is 20.2. The Morgan fingerprint density at radius 3 is 0.532 bits per heavy atom. The standard InChI is InChI=1S/C65H80N12/c1-13-34-40(19-7)60-52-61-41(20-8)35(14-2)56(73-61)48-27-32(67)29-50(70-48)58-38(17-5)44(23-11)64(76-58)53(63-43(22-10)37(16-4)55(75-63)47-26-31(66)25-46(69-47)54(34)72-60)65-45(24-12)39(18-6)59(77-65)51-30-33(68)28-49(71-51)57-36(15-3)42(21-9)62(52)74-57/h25-30,52-53,72-77H,13-24H2,1-12H3,(H2,66,69)(H2,67,70)(H2,68,71). The van der Waals surface area contributed by atoms with E-state index in [9.17, 15) is 0 Å². The van der Waals surface area contributed by atoms with Crippen LogP contribution in [0, 0.1) is 0 Å². The van der Waals surface area contributed by atoms with E-state index in [-0.39, 0.29) is 11.8 Å². The van der Waals surface area contributed by atoms with Crippen LogP contribution in [0.1, 0.15) is 196 Å². The minimum Gasteiger partial charge on any atom is -0.399 e. The Morgan fingerprint density at radius 2 is 0.403 bits per heavy atom. The molecule has 0 aromatic carbocycles. The van der Waals surface area contributed by atoms with Gasteiger partial charge in [-0.3, -0.25) is 0 Å². The molecule has 77 heavy (non-hydrogen) atoms. The van der Waals surface area contributed by atoms with Gasteiger partial charge in [0.1, 0.15) is 0 Å². The highest BCUT2D eigenvalue weighted by Crippen LogP contribution is 2.49. The highest BCUT2D eigenvalue weighted by Gasteiger charge is 2.38. The summed E-state index contributed by atoms with van der Waals surface area (Å²) in [4.78, 5) is 42.4. The van der Waals surface area contributed by atoms with Crippen molar-refractivity contribution >= 4 is 17.1 Å². The fourth-order valence-corrected chi connectivity index (χ4v) is 14.4. The van der Waals surface area contributed by atoms with E-state index in [1.54, 1.807) is 0 Å². The first-order chi connectivity index (χ1) is 37.4. The van der Waals surface area contributed by atoms with Crippen molar-refractivity contribution in [3.63, 3.8) is 0 Å². The predicted octanol–water partition coefficient (Wildman–Crippen LogP) is 14.3. The van der Waals surface area contributed by atoms with Gasteiger partial charge in [-0.2, -0.15) is 0 Å². The highest BCUT2D eigenvalue weighted by atomic mass is 14.9. The van der Waals surface area contributed by atoms with Crippen molar-refractivity contribution in [2.45, 2.75) is 172 Å². The molecule has 0 saturated carbocycles. The number of anilines is 3. The first-order valence-electron chi connectivity index (χ1n) is 29.1. The fraction of sp³-hybridized carbons (Fsp3) is 0.400. The third kappa shape index (κ3) is 7.85. The lowest BCUT2D eigenvalue weighted by Crippen LogP contribution is -2.12. The monoisotopic (exact) mass is 1030 g/mol. The van der Waals surface area contributed by atoms with E-state index in [4.69, 9.17) is 32.2 Å². The topological polar surface area (TPSA) is 211 Å². The van der Waals surface area contributed by atoms with Gasteiger partial charge in [-0.15, -0.1) is 0 Å². The average molecular weight is 1030 g/mol. The molecule has 3 aliphatic heterocycles. The van der Waals surface area contributed by atoms with Gasteiger partial charge in [0, 0.05) is 51.2 Å². The zero-order chi connectivity index (χ0) is 54.3. The molecule has 0 fully saturated rings. The van der Waals surface area contributed by atoms with Crippen molar-refractivity contribution in [1.82, 2.24) is 44.9 Å². The highest BCUT2D eigenvalue weighted by molar-refractivity contribution is 5.80. The molecule has 12 N–H and O–H groups in total. The number of aromatic nitrogens is 9. The van der Waals surface area contributed by atoms with Gasteiger partial charge in [-0.05, 0) is 180 Å². The van der Waals surface area contributed by atoms with E-state index in [1.165, 1.54) is 66.8 Å². The number of H-pyrrole nitrogens is 6. The molecule has 12 rings (SSSR count). The summed E-state index contributed by atoms with van der Waals surface area (Å²) in [5.74, 6) is -0.581. The molecule has 12 heterocycles. The first kappa shape index (κ1) is 51.6. The third-order valence-corrected chi connectivity index (χ3v) is 17.6. The lowest BCUT2D eigenvalue weighted by atomic mass is 9.85. The zero-order valence-corrected chi connectivity index (χ0v) is 47.7. The van der Waals surface area contributed by atoms with E-state index in [0.29, 0.717) is 17.1 Å². The molecule has 0 unspecified atom stereocenters. The maximum absolute atomic E-state index is 7.15. The molecule has 12 heteroatoms. The van der Waals surface area contributed by atoms with Gasteiger partial charge in [0.05, 0.1) is 80.2 Å². The number of nitrogens with two attached hydrogens (primary N) is 3. The molecular formula is C65H80N12. The Bertz CT molecular complexity index is 3130. The minimum absolute atomic E-state index is 0.291. The Morgan fingerprint density at radius 1 is 0.260 bits per heavy atom. The van der Waals surface area contributed by atoms with Gasteiger partial charge in [0.25, 0.3) is 0 Å². The van der Waals surface area contributed by atoms with E-state index < -0.39 is 0 Å². The number of hydrogen-bond donors (Lipinski definition) is 9. The zero-order valence-electron chi connectivity index (χ0n) is 47.7. The van der Waals surface area contributed by atoms with E-state index in [2.05, 4.69) is 149 Å². The molecule has 0 radical (unpaired) electrons. The van der Waals surface area contributed by atoms with Crippen LogP contribution in [0.15, 0.2) is 36.4 Å². The van der Waals surface area contributed by atoms with Gasteiger partial charge in [-0.1, -0.05) is 83.1 Å². The van der Waals surface area contributed by atoms with E-state index >= 15 is 0 Å². The molecule has 0 aliphatic carbocycles. The number of pyridine rings is 3. The number of aromatic amines is 6. The van der Waals surface area contributed by atoms with Crippen LogP contribution in [0.25, 0.3) is 68.3 Å². The maximum Gasteiger partial charge on any atom is 0.0896 e. The fourth-order valence-electron chi connectivity index (χ4n) is 14.4. The van der Waals surface area contributed by atoms with Crippen LogP contribution in [0.3, 0.4) is 0 Å². The summed E-state index contributed by atoms with van der Waals surface area (Å²) in [5, 5.41) is 0. The lowest BCUT2D eigenvalue weighted by Gasteiger charge is -2.21. The smallest absolute Gasteiger partial charge is 0.0896 e. The first-order valence-corrected chi connectivity index (χ1v) is 29.1. The molecule has 0 saturated heterocycles. The Kier molecular flexibility index (Phi) is 13.5. The van der Waals surface area contributed by atoms with Crippen molar-refractivity contribution in [3.8, 4) is 68.3 Å². The normalized spacial score (nSPS) is 14.5. The van der Waals surface area contributed by atoms with Crippen molar-refractivity contribution in [1.29, 1.82) is 0 Å². The summed E-state index contributed by atoms with van der Waals surface area (Å²) in [6.07, 6.45) is 9.66. The number of nitrogens with zero attached hydrogens (tertiary/aromatic N) is 3. The van der Waals surface area contributed by atoms with Crippen LogP contribution in [0.4, 0.5) is 17.1 Å². The molecule has 400 valence electrons. The average Bonchev–Trinajstić information content (AvgIpc) is 4.32. The van der Waals surface area contributed by atoms with Gasteiger partial charge in [0.15, 0.2) is 0 Å². The number of nitrogens with one attached hydrogen (secondary N) is 6. The second-order valence-corrected chi connectivity index (χ2v) is 21.3. The van der Waals surface area contributed by atoms with Crippen LogP contribution in [-0.2, 0) is 77.0 Å². The molecule has 3 aliphatic rings. The van der Waals surface area contributed by atoms with Gasteiger partial charge >= 0.3 is 0 Å². The summed E-state index contributed by atoms with van der Waals surface area (Å²) in [7, 11) is 0. The number of rotatable bonds is 12. The second-order valence-electron chi connectivity index (χ2n) is 21.3. The van der Waals surface area contributed by atoms with Crippen LogP contribution in [0.5, 0.6) is 0 Å². The summed E-state index contributed by atoms with van der Waals surface area (Å²) < 4.78 is 0. The molecule has 0 atom stereocenters. The maximum atomic E-state index is 7.15. The van der Waals surface area contributed by atoms with Crippen molar-refractivity contribution in [2.75, 3.05) is 17.2 Å². The molecule has 9 aromatic rings. The molecule has 20 bridgehead atoms. The van der Waals surface area contributed by atoms with Crippen molar-refractivity contribution in [2.24, 2.45) is 0 Å². The van der Waals surface area contributed by atoms with Crippen LogP contribution >= 0.6 is 0 Å². The number of hydrogen-bond acceptors (Lipinski definition) is 6. The molecule has 9 aromatic heterocycles. The Balaban J connectivity index is 1.43. The summed E-state index contributed by atoms with van der Waals surface area (Å²) in [6.45, 7) is 27.4. The number of nitrogen functional groups attached to an aromatic ring is 3. The van der Waals surface area contributed by atoms with E-state index in [0.717, 1.165) is 180 Å². The predicted molar refractivity (Wildman–Crippen MR) is 319 cm³/mol. The third-order valence-electron chi connectivity index (χ3n) is 17.6. The quantitative estimate of drug-likeness (QED) is 0.0581. The minimum atomic E-state index is -0.291. The molecule has 0 spiro atoms. The van der Waals surface area contributed by atoms with Gasteiger partial charge in [0.2, 0.25) is 0 Å². The van der Waals surface area contributed by atoms with Crippen LogP contribution in [-0.4, -0.2) is 44.9 Å². The van der Waals surface area contributed by atoms with Gasteiger partial charge < -0.3 is 47.1 Å².